The summed E-state index contributed by atoms with van der Waals surface area (Å²) < 4.78 is 6.18. The Morgan fingerprint density at radius 1 is 1.24 bits per heavy atom. The number of anilines is 1. The van der Waals surface area contributed by atoms with Gasteiger partial charge < -0.3 is 10.1 Å². The van der Waals surface area contributed by atoms with Crippen molar-refractivity contribution in [2.24, 2.45) is 5.92 Å². The molecule has 1 N–H and O–H groups in total. The Labute approximate surface area is 149 Å². The van der Waals surface area contributed by atoms with E-state index in [1.165, 1.54) is 12.8 Å². The molecule has 0 radical (unpaired) electrons. The average Bonchev–Trinajstić information content (AvgIpc) is 3.05. The minimum atomic E-state index is 0.322. The summed E-state index contributed by atoms with van der Waals surface area (Å²) in [4.78, 5) is 11.4. The predicted octanol–water partition coefficient (Wildman–Crippen LogP) is 2.88. The van der Waals surface area contributed by atoms with Crippen LogP contribution in [0.5, 0.6) is 0 Å². The van der Waals surface area contributed by atoms with Crippen molar-refractivity contribution >= 4 is 5.69 Å². The van der Waals surface area contributed by atoms with Crippen LogP contribution in [0.15, 0.2) is 42.7 Å². The highest BCUT2D eigenvalue weighted by atomic mass is 16.5. The van der Waals surface area contributed by atoms with Crippen molar-refractivity contribution in [1.82, 2.24) is 14.9 Å². The van der Waals surface area contributed by atoms with Gasteiger partial charge in [-0.15, -0.1) is 0 Å². The van der Waals surface area contributed by atoms with Gasteiger partial charge in [-0.05, 0) is 44.0 Å². The second-order valence-electron chi connectivity index (χ2n) is 7.10. The molecule has 2 fully saturated rings. The second-order valence-corrected chi connectivity index (χ2v) is 7.10. The highest BCUT2D eigenvalue weighted by molar-refractivity contribution is 5.39. The highest BCUT2D eigenvalue weighted by Crippen LogP contribution is 2.35. The molecule has 3 heterocycles. The van der Waals surface area contributed by atoms with E-state index in [-0.39, 0.29) is 0 Å². The third-order valence-electron chi connectivity index (χ3n) is 5.38. The van der Waals surface area contributed by atoms with E-state index in [1.807, 2.05) is 12.3 Å². The summed E-state index contributed by atoms with van der Waals surface area (Å²) in [5.74, 6) is 0.554. The molecule has 1 aliphatic heterocycles. The Morgan fingerprint density at radius 2 is 2.20 bits per heavy atom. The number of aryl methyl sites for hydroxylation is 1. The number of pyridine rings is 2. The van der Waals surface area contributed by atoms with E-state index in [0.717, 1.165) is 43.3 Å². The number of morpholine rings is 1. The zero-order valence-corrected chi connectivity index (χ0v) is 14.8. The normalized spacial score (nSPS) is 26.4. The third-order valence-corrected chi connectivity index (χ3v) is 5.38. The van der Waals surface area contributed by atoms with E-state index >= 15 is 0 Å². The molecule has 1 aliphatic carbocycles. The Kier molecular flexibility index (Phi) is 4.95. The minimum absolute atomic E-state index is 0.322. The Balaban J connectivity index is 1.38. The quantitative estimate of drug-likeness (QED) is 0.908. The number of hydrogen-bond donors (Lipinski definition) is 1. The molecule has 0 spiro atoms. The first-order valence-corrected chi connectivity index (χ1v) is 9.22. The monoisotopic (exact) mass is 338 g/mol. The lowest BCUT2D eigenvalue weighted by Crippen LogP contribution is -2.50. The van der Waals surface area contributed by atoms with Gasteiger partial charge in [-0.2, -0.15) is 0 Å². The number of hydrogen-bond acceptors (Lipinski definition) is 5. The molecule has 4 rings (SSSR count). The molecule has 5 nitrogen and oxygen atoms in total. The second kappa shape index (κ2) is 7.50. The lowest BCUT2D eigenvalue weighted by molar-refractivity contribution is -0.0748. The summed E-state index contributed by atoms with van der Waals surface area (Å²) in [6.45, 7) is 5.75. The topological polar surface area (TPSA) is 50.3 Å². The van der Waals surface area contributed by atoms with Gasteiger partial charge in [0.1, 0.15) is 0 Å². The van der Waals surface area contributed by atoms with E-state index in [4.69, 9.17) is 4.74 Å². The minimum Gasteiger partial charge on any atom is -0.383 e. The molecular weight excluding hydrogens is 312 g/mol. The van der Waals surface area contributed by atoms with Crippen molar-refractivity contribution < 1.29 is 4.74 Å². The summed E-state index contributed by atoms with van der Waals surface area (Å²) in [7, 11) is 0. The van der Waals surface area contributed by atoms with Crippen LogP contribution in [0.1, 0.15) is 24.2 Å². The molecule has 132 valence electrons. The molecule has 1 saturated heterocycles. The van der Waals surface area contributed by atoms with Crippen molar-refractivity contribution in [2.75, 3.05) is 25.0 Å². The van der Waals surface area contributed by atoms with Crippen molar-refractivity contribution in [2.45, 2.75) is 38.5 Å². The van der Waals surface area contributed by atoms with Gasteiger partial charge in [-0.3, -0.25) is 14.9 Å². The van der Waals surface area contributed by atoms with Gasteiger partial charge in [-0.25, -0.2) is 0 Å². The molecule has 1 saturated carbocycles. The highest BCUT2D eigenvalue weighted by Gasteiger charge is 2.42. The maximum absolute atomic E-state index is 6.18. The Hall–Kier alpha value is -1.98. The molecular formula is C20H26N4O. The number of aromatic nitrogens is 2. The fourth-order valence-electron chi connectivity index (χ4n) is 4.16. The van der Waals surface area contributed by atoms with Crippen LogP contribution in [0.4, 0.5) is 5.69 Å². The van der Waals surface area contributed by atoms with Gasteiger partial charge >= 0.3 is 0 Å². The molecule has 3 atom stereocenters. The standard InChI is InChI=1S/C20H26N4O/c1-15-4-2-5-18(23-15)14-24-10-11-25-20-16(7-8-19(20)24)12-22-17-6-3-9-21-13-17/h2-6,9,13,16,19-20,22H,7-8,10-12,14H2,1H3/t16-,19-,20+/m0/s1. The van der Waals surface area contributed by atoms with E-state index in [0.29, 0.717) is 18.1 Å². The molecule has 5 heteroatoms. The van der Waals surface area contributed by atoms with Gasteiger partial charge in [0.15, 0.2) is 0 Å². The fraction of sp³-hybridized carbons (Fsp3) is 0.500. The first kappa shape index (κ1) is 16.5. The maximum Gasteiger partial charge on any atom is 0.0775 e. The van der Waals surface area contributed by atoms with Crippen molar-refractivity contribution in [3.05, 3.63) is 54.1 Å². The zero-order valence-electron chi connectivity index (χ0n) is 14.8. The van der Waals surface area contributed by atoms with Crippen molar-refractivity contribution in [3.63, 3.8) is 0 Å². The van der Waals surface area contributed by atoms with Gasteiger partial charge in [0.05, 0.1) is 24.1 Å². The first-order chi connectivity index (χ1) is 12.3. The summed E-state index contributed by atoms with van der Waals surface area (Å²) in [5.41, 5.74) is 3.34. The van der Waals surface area contributed by atoms with Gasteiger partial charge in [0.25, 0.3) is 0 Å². The fourth-order valence-corrected chi connectivity index (χ4v) is 4.16. The average molecular weight is 338 g/mol. The molecule has 2 aromatic rings. The van der Waals surface area contributed by atoms with Crippen LogP contribution >= 0.6 is 0 Å². The van der Waals surface area contributed by atoms with Crippen LogP contribution < -0.4 is 5.32 Å². The smallest absolute Gasteiger partial charge is 0.0775 e. The maximum atomic E-state index is 6.18. The van der Waals surface area contributed by atoms with Gasteiger partial charge in [0.2, 0.25) is 0 Å². The van der Waals surface area contributed by atoms with Crippen LogP contribution in [0.2, 0.25) is 0 Å². The number of ether oxygens (including phenoxy) is 1. The predicted molar refractivity (Wildman–Crippen MR) is 98.4 cm³/mol. The third kappa shape index (κ3) is 3.83. The number of fused-ring (bicyclic) bond motifs is 1. The Morgan fingerprint density at radius 3 is 3.04 bits per heavy atom. The van der Waals surface area contributed by atoms with E-state index in [9.17, 15) is 0 Å². The molecule has 0 aromatic carbocycles. The largest absolute Gasteiger partial charge is 0.383 e. The summed E-state index contributed by atoms with van der Waals surface area (Å²) in [5, 5.41) is 3.52. The number of nitrogens with zero attached hydrogens (tertiary/aromatic N) is 3. The van der Waals surface area contributed by atoms with Crippen LogP contribution in [-0.4, -0.2) is 46.7 Å². The SMILES string of the molecule is Cc1cccc(CN2CCO[C@@H]3[C@H](CNc4cccnc4)CC[C@@H]32)n1. The molecule has 0 amide bonds. The van der Waals surface area contributed by atoms with E-state index in [1.54, 1.807) is 6.20 Å². The van der Waals surface area contributed by atoms with E-state index < -0.39 is 0 Å². The van der Waals surface area contributed by atoms with Gasteiger partial charge in [0, 0.05) is 49.7 Å². The lowest BCUT2D eigenvalue weighted by atomic mass is 10.0. The first-order valence-electron chi connectivity index (χ1n) is 9.22. The molecule has 0 unspecified atom stereocenters. The number of nitrogens with one attached hydrogen (secondary N) is 1. The molecule has 2 aromatic heterocycles. The van der Waals surface area contributed by atoms with Crippen LogP contribution in [0, 0.1) is 12.8 Å². The summed E-state index contributed by atoms with van der Waals surface area (Å²) >= 11 is 0. The van der Waals surface area contributed by atoms with Crippen LogP contribution in [0.3, 0.4) is 0 Å². The van der Waals surface area contributed by atoms with Gasteiger partial charge in [-0.1, -0.05) is 6.07 Å². The lowest BCUT2D eigenvalue weighted by Gasteiger charge is -2.39. The Bertz CT molecular complexity index is 693. The van der Waals surface area contributed by atoms with Crippen LogP contribution in [0.25, 0.3) is 0 Å². The number of rotatable bonds is 5. The molecule has 25 heavy (non-hydrogen) atoms. The molecule has 0 bridgehead atoms. The van der Waals surface area contributed by atoms with E-state index in [2.05, 4.69) is 51.4 Å². The summed E-state index contributed by atoms with van der Waals surface area (Å²) in [6.07, 6.45) is 6.42. The zero-order chi connectivity index (χ0) is 17.1. The molecule has 2 aliphatic rings. The van der Waals surface area contributed by atoms with Crippen molar-refractivity contribution in [1.29, 1.82) is 0 Å². The van der Waals surface area contributed by atoms with Crippen LogP contribution in [-0.2, 0) is 11.3 Å². The van der Waals surface area contributed by atoms with Crippen molar-refractivity contribution in [3.8, 4) is 0 Å². The summed E-state index contributed by atoms with van der Waals surface area (Å²) in [6, 6.07) is 10.8.